The number of piperazine rings is 1. The number of urea groups is 1. The first kappa shape index (κ1) is 25.2. The van der Waals surface area contributed by atoms with Gasteiger partial charge in [-0.3, -0.25) is 24.1 Å². The van der Waals surface area contributed by atoms with Crippen LogP contribution in [0.1, 0.15) is 36.1 Å². The molecule has 2 aliphatic rings. The van der Waals surface area contributed by atoms with Gasteiger partial charge in [-0.25, -0.2) is 4.79 Å². The second-order valence-corrected chi connectivity index (χ2v) is 8.92. The van der Waals surface area contributed by atoms with Crippen LogP contribution in [0.5, 0.6) is 5.75 Å². The lowest BCUT2D eigenvalue weighted by Crippen LogP contribution is -2.58. The molecule has 188 valence electrons. The van der Waals surface area contributed by atoms with Gasteiger partial charge in [-0.05, 0) is 43.0 Å². The van der Waals surface area contributed by atoms with Crippen LogP contribution in [0.4, 0.5) is 4.79 Å². The predicted molar refractivity (Wildman–Crippen MR) is 129 cm³/mol. The maximum atomic E-state index is 13.4. The molecule has 1 unspecified atom stereocenters. The Morgan fingerprint density at radius 3 is 2.67 bits per heavy atom. The van der Waals surface area contributed by atoms with Crippen molar-refractivity contribution < 1.29 is 28.9 Å². The molecule has 0 saturated carbocycles. The van der Waals surface area contributed by atoms with E-state index in [0.29, 0.717) is 24.3 Å². The molecule has 3 heterocycles. The Hall–Kier alpha value is -3.93. The fourth-order valence-corrected chi connectivity index (χ4v) is 4.52. The van der Waals surface area contributed by atoms with E-state index in [1.807, 2.05) is 25.1 Å². The number of amides is 4. The third kappa shape index (κ3) is 5.03. The average molecular weight is 494 g/mol. The summed E-state index contributed by atoms with van der Waals surface area (Å²) < 4.78 is 5.67. The van der Waals surface area contributed by atoms with Gasteiger partial charge in [-0.1, -0.05) is 18.2 Å². The highest BCUT2D eigenvalue weighted by atomic mass is 16.5. The van der Waals surface area contributed by atoms with Gasteiger partial charge in [0.2, 0.25) is 5.56 Å². The molecule has 0 bridgehead atoms. The van der Waals surface area contributed by atoms with Crippen LogP contribution in [0.3, 0.4) is 0 Å². The van der Waals surface area contributed by atoms with E-state index in [-0.39, 0.29) is 19.5 Å². The number of hydrogen-bond acceptors (Lipinski definition) is 7. The normalized spacial score (nSPS) is 18.4. The van der Waals surface area contributed by atoms with Crippen LogP contribution in [-0.2, 0) is 20.8 Å². The Balaban J connectivity index is 1.54. The first-order chi connectivity index (χ1) is 17.2. The van der Waals surface area contributed by atoms with Crippen molar-refractivity contribution >= 4 is 30.7 Å². The molecule has 11 nitrogen and oxygen atoms in total. The number of imide groups is 1. The quantitative estimate of drug-likeness (QED) is 0.393. The van der Waals surface area contributed by atoms with Gasteiger partial charge in [0.25, 0.3) is 0 Å². The van der Waals surface area contributed by atoms with E-state index >= 15 is 0 Å². The van der Waals surface area contributed by atoms with Crippen LogP contribution in [0.2, 0.25) is 5.82 Å². The van der Waals surface area contributed by atoms with Crippen LogP contribution in [0.15, 0.2) is 41.3 Å². The Morgan fingerprint density at radius 2 is 1.97 bits per heavy atom. The van der Waals surface area contributed by atoms with Crippen molar-refractivity contribution in [2.24, 2.45) is 0 Å². The molecule has 0 spiro atoms. The lowest BCUT2D eigenvalue weighted by molar-refractivity contribution is -0.153. The van der Waals surface area contributed by atoms with Crippen molar-refractivity contribution in [3.8, 4) is 5.75 Å². The summed E-state index contributed by atoms with van der Waals surface area (Å²) in [5.41, 5.74) is 1.63. The van der Waals surface area contributed by atoms with Gasteiger partial charge in [0.15, 0.2) is 5.78 Å². The summed E-state index contributed by atoms with van der Waals surface area (Å²) in [4.78, 5) is 67.2. The van der Waals surface area contributed by atoms with E-state index < -0.39 is 48.2 Å². The van der Waals surface area contributed by atoms with Crippen LogP contribution in [0, 0.1) is 6.92 Å². The van der Waals surface area contributed by atoms with Crippen LogP contribution in [0.25, 0.3) is 0 Å². The standard InChI is InChI=1S/C24H27BN4O7/c1-3-28-9-10-29(23(33)22(28)32)24(34)27-20(16-7-8-19(31)26-13-16)18(30)12-17-11-15-6-4-5-14(2)21(15)36-25(17)35/h4-8,13,17,20,35H,3,9-12H2,1-2H3,(H,26,31)(H,27,34)/t17-,20?/m1/s1. The van der Waals surface area contributed by atoms with E-state index in [1.54, 1.807) is 6.92 Å². The highest BCUT2D eigenvalue weighted by Crippen LogP contribution is 2.36. The van der Waals surface area contributed by atoms with Crippen molar-refractivity contribution in [1.82, 2.24) is 20.1 Å². The summed E-state index contributed by atoms with van der Waals surface area (Å²) >= 11 is 0. The number of rotatable bonds is 6. The van der Waals surface area contributed by atoms with Crippen LogP contribution >= 0.6 is 0 Å². The summed E-state index contributed by atoms with van der Waals surface area (Å²) in [6.07, 6.45) is 1.55. The number of aromatic nitrogens is 1. The lowest BCUT2D eigenvalue weighted by atomic mass is 9.64. The summed E-state index contributed by atoms with van der Waals surface area (Å²) in [6.45, 7) is 4.12. The zero-order valence-electron chi connectivity index (χ0n) is 20.0. The first-order valence-corrected chi connectivity index (χ1v) is 11.8. The molecular weight excluding hydrogens is 467 g/mol. The molecule has 1 aromatic carbocycles. The number of nitrogens with one attached hydrogen (secondary N) is 2. The number of H-pyrrole nitrogens is 1. The molecular formula is C24H27BN4O7. The molecule has 0 aliphatic carbocycles. The number of ketones is 1. The van der Waals surface area contributed by atoms with Gasteiger partial charge in [-0.2, -0.15) is 0 Å². The number of likely N-dealkylation sites (N-methyl/N-ethyl adjacent to an activating group) is 1. The second-order valence-electron chi connectivity index (χ2n) is 8.92. The molecule has 4 amide bonds. The van der Waals surface area contributed by atoms with E-state index in [2.05, 4.69) is 10.3 Å². The second kappa shape index (κ2) is 10.4. The third-order valence-electron chi connectivity index (χ3n) is 6.55. The van der Waals surface area contributed by atoms with Crippen molar-refractivity contribution in [1.29, 1.82) is 0 Å². The minimum atomic E-state index is -1.23. The molecule has 2 atom stereocenters. The minimum Gasteiger partial charge on any atom is -0.536 e. The molecule has 4 rings (SSSR count). The predicted octanol–water partition coefficient (Wildman–Crippen LogP) is 0.570. The highest BCUT2D eigenvalue weighted by molar-refractivity contribution is 6.46. The number of aromatic amines is 1. The monoisotopic (exact) mass is 494 g/mol. The number of Topliss-reactive ketones (excluding diaryl/α,β-unsaturated/α-hetero) is 1. The Labute approximate surface area is 207 Å². The average Bonchev–Trinajstić information content (AvgIpc) is 2.85. The van der Waals surface area contributed by atoms with Crippen LogP contribution in [-0.4, -0.2) is 70.2 Å². The summed E-state index contributed by atoms with van der Waals surface area (Å²) in [5, 5.41) is 13.1. The van der Waals surface area contributed by atoms with Crippen molar-refractivity contribution in [3.63, 3.8) is 0 Å². The van der Waals surface area contributed by atoms with Gasteiger partial charge in [0.05, 0.1) is 0 Å². The molecule has 12 heteroatoms. The van der Waals surface area contributed by atoms with Gasteiger partial charge in [0.1, 0.15) is 11.8 Å². The number of nitrogens with zero attached hydrogens (tertiary/aromatic N) is 2. The number of benzene rings is 1. The van der Waals surface area contributed by atoms with E-state index in [1.165, 1.54) is 23.2 Å². The number of carbonyl (C=O) groups excluding carboxylic acids is 4. The third-order valence-corrected chi connectivity index (χ3v) is 6.55. The SMILES string of the molecule is CCN1CCN(C(=O)NC(C(=O)C[C@H]2Cc3cccc(C)c3OB2O)c2ccc(=O)[nH]c2)C(=O)C1=O. The molecule has 2 aromatic rings. The zero-order valence-corrected chi connectivity index (χ0v) is 20.0. The first-order valence-electron chi connectivity index (χ1n) is 11.8. The maximum absolute atomic E-state index is 13.4. The van der Waals surface area contributed by atoms with Crippen LogP contribution < -0.4 is 15.5 Å². The van der Waals surface area contributed by atoms with Crippen molar-refractivity contribution in [2.75, 3.05) is 19.6 Å². The Bertz CT molecular complexity index is 1240. The van der Waals surface area contributed by atoms with Gasteiger partial charge in [0, 0.05) is 44.1 Å². The largest absolute Gasteiger partial charge is 0.536 e. The number of pyridine rings is 1. The Morgan fingerprint density at radius 1 is 1.19 bits per heavy atom. The summed E-state index contributed by atoms with van der Waals surface area (Å²) in [6, 6.07) is 6.09. The van der Waals surface area contributed by atoms with Gasteiger partial charge < -0.3 is 24.9 Å². The summed E-state index contributed by atoms with van der Waals surface area (Å²) in [5.74, 6) is -2.21. The summed E-state index contributed by atoms with van der Waals surface area (Å²) in [7, 11) is -1.23. The van der Waals surface area contributed by atoms with Gasteiger partial charge >= 0.3 is 25.0 Å². The molecule has 0 radical (unpaired) electrons. The number of para-hydroxylation sites is 1. The molecule has 1 saturated heterocycles. The number of fused-ring (bicyclic) bond motifs is 1. The fraction of sp³-hybridized carbons (Fsp3) is 0.375. The van der Waals surface area contributed by atoms with E-state index in [0.717, 1.165) is 16.0 Å². The zero-order chi connectivity index (χ0) is 26.0. The Kier molecular flexibility index (Phi) is 7.25. The topological polar surface area (TPSA) is 149 Å². The number of hydrogen-bond donors (Lipinski definition) is 3. The highest BCUT2D eigenvalue weighted by Gasteiger charge is 2.40. The smallest absolute Gasteiger partial charge is 0.526 e. The number of carbonyl (C=O) groups is 4. The maximum Gasteiger partial charge on any atom is 0.526 e. The minimum absolute atomic E-state index is 0.0118. The molecule has 1 fully saturated rings. The van der Waals surface area contributed by atoms with Crippen molar-refractivity contribution in [2.45, 2.75) is 38.5 Å². The number of aryl methyl sites for hydroxylation is 1. The fourth-order valence-electron chi connectivity index (χ4n) is 4.52. The molecule has 3 N–H and O–H groups in total. The molecule has 36 heavy (non-hydrogen) atoms. The molecule has 2 aliphatic heterocycles. The van der Waals surface area contributed by atoms with Crippen molar-refractivity contribution in [3.05, 3.63) is 63.6 Å². The molecule has 1 aromatic heterocycles. The van der Waals surface area contributed by atoms with E-state index in [9.17, 15) is 29.0 Å². The lowest BCUT2D eigenvalue weighted by Gasteiger charge is -2.33. The van der Waals surface area contributed by atoms with E-state index in [4.69, 9.17) is 4.65 Å². The van der Waals surface area contributed by atoms with Gasteiger partial charge in [-0.15, -0.1) is 0 Å².